The highest BCUT2D eigenvalue weighted by molar-refractivity contribution is 8.22. The molecule has 8 heteroatoms. The number of thioether (sulfide) groups is 2. The summed E-state index contributed by atoms with van der Waals surface area (Å²) >= 11 is 2.87. The van der Waals surface area contributed by atoms with Crippen molar-refractivity contribution in [3.63, 3.8) is 0 Å². The van der Waals surface area contributed by atoms with E-state index in [4.69, 9.17) is 4.43 Å². The van der Waals surface area contributed by atoms with Gasteiger partial charge in [0.1, 0.15) is 5.37 Å². The molecule has 0 aromatic heterocycles. The van der Waals surface area contributed by atoms with E-state index in [1.807, 2.05) is 37.3 Å². The lowest BCUT2D eigenvalue weighted by Gasteiger charge is -2.48. The number of rotatable bonds is 6. The monoisotopic (exact) mass is 437 g/mol. The zero-order valence-corrected chi connectivity index (χ0v) is 19.7. The van der Waals surface area contributed by atoms with Crippen LogP contribution in [0.1, 0.15) is 27.7 Å². The van der Waals surface area contributed by atoms with Crippen LogP contribution in [0.25, 0.3) is 0 Å². The van der Waals surface area contributed by atoms with Crippen molar-refractivity contribution in [2.45, 2.75) is 62.2 Å². The summed E-state index contributed by atoms with van der Waals surface area (Å²) < 4.78 is 7.11. The number of carbonyl (C=O) groups excluding carboxylic acids is 1. The molecule has 1 N–H and O–H groups in total. The third-order valence-electron chi connectivity index (χ3n) is 5.70. The highest BCUT2D eigenvalue weighted by atomic mass is 32.2. The van der Waals surface area contributed by atoms with Crippen LogP contribution in [-0.4, -0.2) is 41.7 Å². The van der Waals surface area contributed by atoms with Gasteiger partial charge in [-0.15, -0.1) is 0 Å². The van der Waals surface area contributed by atoms with Gasteiger partial charge < -0.3 is 9.53 Å². The fourth-order valence-corrected chi connectivity index (χ4v) is 7.43. The Morgan fingerprint density at radius 3 is 2.43 bits per heavy atom. The summed E-state index contributed by atoms with van der Waals surface area (Å²) in [7, 11) is -2.02. The molecule has 2 aliphatic heterocycles. The summed E-state index contributed by atoms with van der Waals surface area (Å²) in [4.78, 5) is 27.1. The van der Waals surface area contributed by atoms with E-state index in [0.717, 1.165) is 4.90 Å². The molecule has 1 amide bonds. The van der Waals surface area contributed by atoms with Gasteiger partial charge in [0.05, 0.1) is 16.3 Å². The van der Waals surface area contributed by atoms with Gasteiger partial charge in [0.15, 0.2) is 14.0 Å². The predicted molar refractivity (Wildman–Crippen MR) is 116 cm³/mol. The van der Waals surface area contributed by atoms with Crippen LogP contribution in [0, 0.1) is 5.92 Å². The van der Waals surface area contributed by atoms with Crippen LogP contribution >= 0.6 is 23.5 Å². The van der Waals surface area contributed by atoms with Gasteiger partial charge in [-0.05, 0) is 37.2 Å². The number of fused-ring (bicyclic) bond motifs is 1. The first-order valence-electron chi connectivity index (χ1n) is 9.32. The SMILES string of the molecule is C[C@@H](O[Si](C)(C)C(C)(C)C)[C@H]1C(=O)N2C(C(=O)O)=C(Sc3ccccc3)SC12. The molecule has 3 atom stereocenters. The first-order valence-corrected chi connectivity index (χ1v) is 13.9. The minimum atomic E-state index is -2.02. The molecule has 28 heavy (non-hydrogen) atoms. The van der Waals surface area contributed by atoms with Crippen molar-refractivity contribution >= 4 is 43.7 Å². The second-order valence-electron chi connectivity index (χ2n) is 8.68. The van der Waals surface area contributed by atoms with Crippen LogP contribution in [0.3, 0.4) is 0 Å². The van der Waals surface area contributed by atoms with Crippen LogP contribution in [0.5, 0.6) is 0 Å². The lowest BCUT2D eigenvalue weighted by molar-refractivity contribution is -0.156. The van der Waals surface area contributed by atoms with Gasteiger partial charge in [-0.25, -0.2) is 4.79 Å². The number of aliphatic carboxylic acids is 1. The highest BCUT2D eigenvalue weighted by Gasteiger charge is 2.59. The standard InChI is InChI=1S/C20H27NO4S2Si/c1-12(25-28(5,6)20(2,3)4)14-16(22)21-15(18(23)24)19(27-17(14)21)26-13-10-8-7-9-11-13/h7-12,14,17H,1-6H3,(H,23,24)/t12-,14+,17?/m1/s1. The normalized spacial score (nSPS) is 23.5. The highest BCUT2D eigenvalue weighted by Crippen LogP contribution is 2.55. The molecule has 2 aliphatic rings. The number of nitrogens with zero attached hydrogens (tertiary/aromatic N) is 1. The second-order valence-corrected chi connectivity index (χ2v) is 15.9. The van der Waals surface area contributed by atoms with E-state index in [-0.39, 0.29) is 34.0 Å². The van der Waals surface area contributed by atoms with E-state index in [2.05, 4.69) is 33.9 Å². The van der Waals surface area contributed by atoms with E-state index in [1.165, 1.54) is 28.4 Å². The fraction of sp³-hybridized carbons (Fsp3) is 0.500. The largest absolute Gasteiger partial charge is 0.477 e. The Balaban J connectivity index is 1.79. The quantitative estimate of drug-likeness (QED) is 0.500. The molecule has 1 saturated heterocycles. The Hall–Kier alpha value is -1.22. The summed E-state index contributed by atoms with van der Waals surface area (Å²) in [6.07, 6.45) is -0.238. The van der Waals surface area contributed by atoms with Crippen molar-refractivity contribution in [3.05, 3.63) is 40.3 Å². The summed E-state index contributed by atoms with van der Waals surface area (Å²) in [5, 5.41) is 9.56. The van der Waals surface area contributed by atoms with Crippen LogP contribution in [-0.2, 0) is 14.0 Å². The molecule has 0 aliphatic carbocycles. The summed E-state index contributed by atoms with van der Waals surface area (Å²) in [5.74, 6) is -1.52. The number of β-lactam (4-membered cyclic amide) rings is 1. The van der Waals surface area contributed by atoms with E-state index < -0.39 is 14.3 Å². The lowest BCUT2D eigenvalue weighted by Crippen LogP contribution is -2.62. The lowest BCUT2D eigenvalue weighted by atomic mass is 9.92. The third-order valence-corrected chi connectivity index (χ3v) is 12.8. The second kappa shape index (κ2) is 7.55. The Bertz CT molecular complexity index is 819. The van der Waals surface area contributed by atoms with Crippen molar-refractivity contribution < 1.29 is 19.1 Å². The summed E-state index contributed by atoms with van der Waals surface area (Å²) in [5.41, 5.74) is 0.102. The molecule has 5 nitrogen and oxygen atoms in total. The van der Waals surface area contributed by atoms with Gasteiger partial charge in [-0.3, -0.25) is 9.69 Å². The van der Waals surface area contributed by atoms with Crippen molar-refractivity contribution in [2.24, 2.45) is 5.92 Å². The zero-order chi connectivity index (χ0) is 20.9. The first kappa shape index (κ1) is 21.5. The van der Waals surface area contributed by atoms with Gasteiger partial charge in [-0.1, -0.05) is 62.5 Å². The Kier molecular flexibility index (Phi) is 5.79. The molecule has 152 valence electrons. The van der Waals surface area contributed by atoms with Gasteiger partial charge >= 0.3 is 5.97 Å². The van der Waals surface area contributed by atoms with Crippen LogP contribution in [0.2, 0.25) is 18.1 Å². The van der Waals surface area contributed by atoms with Gasteiger partial charge in [0.25, 0.3) is 0 Å². The maximum Gasteiger partial charge on any atom is 0.354 e. The maximum atomic E-state index is 12.9. The topological polar surface area (TPSA) is 66.8 Å². The predicted octanol–water partition coefficient (Wildman–Crippen LogP) is 4.97. The minimum absolute atomic E-state index is 0.0509. The number of benzene rings is 1. The van der Waals surface area contributed by atoms with Gasteiger partial charge in [0.2, 0.25) is 5.91 Å². The average Bonchev–Trinajstić information content (AvgIpc) is 2.88. The van der Waals surface area contributed by atoms with Crippen molar-refractivity contribution in [1.82, 2.24) is 4.90 Å². The summed E-state index contributed by atoms with van der Waals surface area (Å²) in [6, 6.07) is 9.64. The average molecular weight is 438 g/mol. The molecule has 0 saturated carbocycles. The first-order chi connectivity index (χ1) is 12.9. The molecule has 1 fully saturated rings. The molecule has 1 aromatic carbocycles. The van der Waals surface area contributed by atoms with E-state index >= 15 is 0 Å². The van der Waals surface area contributed by atoms with E-state index in [0.29, 0.717) is 4.24 Å². The number of hydrogen-bond acceptors (Lipinski definition) is 5. The van der Waals surface area contributed by atoms with Crippen molar-refractivity contribution in [3.8, 4) is 0 Å². The molecule has 0 bridgehead atoms. The maximum absolute atomic E-state index is 12.9. The van der Waals surface area contributed by atoms with E-state index in [9.17, 15) is 14.7 Å². The molecule has 0 spiro atoms. The summed E-state index contributed by atoms with van der Waals surface area (Å²) in [6.45, 7) is 12.8. The Morgan fingerprint density at radius 1 is 1.29 bits per heavy atom. The van der Waals surface area contributed by atoms with Gasteiger partial charge in [0, 0.05) is 4.90 Å². The zero-order valence-electron chi connectivity index (χ0n) is 17.1. The third kappa shape index (κ3) is 3.79. The van der Waals surface area contributed by atoms with Gasteiger partial charge in [-0.2, -0.15) is 0 Å². The Morgan fingerprint density at radius 2 is 1.89 bits per heavy atom. The molecule has 1 unspecified atom stereocenters. The number of carbonyl (C=O) groups is 2. The minimum Gasteiger partial charge on any atom is -0.477 e. The van der Waals surface area contributed by atoms with E-state index in [1.54, 1.807) is 0 Å². The van der Waals surface area contributed by atoms with Crippen LogP contribution in [0.4, 0.5) is 0 Å². The fourth-order valence-electron chi connectivity index (χ4n) is 3.12. The van der Waals surface area contributed by atoms with Crippen molar-refractivity contribution in [1.29, 1.82) is 0 Å². The molecule has 0 radical (unpaired) electrons. The van der Waals surface area contributed by atoms with Crippen LogP contribution < -0.4 is 0 Å². The molecule has 3 rings (SSSR count). The molecular formula is C20H27NO4S2Si. The Labute approximate surface area is 176 Å². The molecular weight excluding hydrogens is 410 g/mol. The molecule has 1 aromatic rings. The number of amides is 1. The van der Waals surface area contributed by atoms with Crippen LogP contribution in [0.15, 0.2) is 45.2 Å². The van der Waals surface area contributed by atoms with Crippen molar-refractivity contribution in [2.75, 3.05) is 0 Å². The number of carboxylic acids is 1. The number of hydrogen-bond donors (Lipinski definition) is 1. The molecule has 2 heterocycles. The smallest absolute Gasteiger partial charge is 0.354 e. The number of carboxylic acid groups (broad SMARTS) is 1.